The summed E-state index contributed by atoms with van der Waals surface area (Å²) < 4.78 is 0. The minimum absolute atomic E-state index is 0.128. The van der Waals surface area contributed by atoms with Crippen LogP contribution in [0, 0.1) is 11.8 Å². The molecule has 1 amide bonds. The third kappa shape index (κ3) is 1.99. The number of carbonyl (C=O) groups excluding carboxylic acids is 1. The van der Waals surface area contributed by atoms with Crippen LogP contribution < -0.4 is 0 Å². The maximum atomic E-state index is 12.4. The molecule has 1 aliphatic heterocycles. The maximum absolute atomic E-state index is 12.4. The van der Waals surface area contributed by atoms with Crippen LogP contribution in [-0.2, 0) is 4.79 Å². The van der Waals surface area contributed by atoms with Gasteiger partial charge in [0.2, 0.25) is 0 Å². The van der Waals surface area contributed by atoms with E-state index >= 15 is 0 Å². The van der Waals surface area contributed by atoms with Gasteiger partial charge in [0.1, 0.15) is 6.04 Å². The quantitative estimate of drug-likeness (QED) is 0.872. The first-order valence-corrected chi connectivity index (χ1v) is 6.62. The van der Waals surface area contributed by atoms with Gasteiger partial charge >= 0.3 is 5.97 Å². The number of amides is 1. The number of hydrogen-bond donors (Lipinski definition) is 1. The predicted octanol–water partition coefficient (Wildman–Crippen LogP) is 1.41. The van der Waals surface area contributed by atoms with Crippen molar-refractivity contribution in [2.75, 3.05) is 6.54 Å². The molecule has 1 aromatic heterocycles. The lowest BCUT2D eigenvalue weighted by molar-refractivity contribution is -0.142. The molecular formula is C14H16N2O3. The van der Waals surface area contributed by atoms with E-state index in [1.165, 1.54) is 4.90 Å². The highest BCUT2D eigenvalue weighted by atomic mass is 16.4. The molecule has 2 heterocycles. The molecular weight excluding hydrogens is 244 g/mol. The summed E-state index contributed by atoms with van der Waals surface area (Å²) in [6.07, 6.45) is 6.15. The fraction of sp³-hybridized carbons (Fsp3) is 0.500. The summed E-state index contributed by atoms with van der Waals surface area (Å²) in [6.45, 7) is 0.572. The first-order valence-electron chi connectivity index (χ1n) is 6.62. The van der Waals surface area contributed by atoms with Crippen molar-refractivity contribution >= 4 is 11.9 Å². The standard InChI is InChI=1S/C14H16N2O3/c17-13(9-4-6-15-7-5-9)16-8-10-2-1-3-11(10)12(16)14(18)19/h4-7,10-12H,1-3,8H2,(H,18,19). The third-order valence-corrected chi connectivity index (χ3v) is 4.33. The van der Waals surface area contributed by atoms with Gasteiger partial charge in [0.15, 0.2) is 0 Å². The van der Waals surface area contributed by atoms with Gasteiger partial charge in [-0.3, -0.25) is 9.78 Å². The molecule has 5 nitrogen and oxygen atoms in total. The lowest BCUT2D eigenvalue weighted by atomic mass is 9.94. The average Bonchev–Trinajstić information content (AvgIpc) is 2.98. The van der Waals surface area contributed by atoms with E-state index in [4.69, 9.17) is 0 Å². The zero-order valence-electron chi connectivity index (χ0n) is 10.5. The number of carboxylic acids is 1. The number of rotatable bonds is 2. The normalized spacial score (nSPS) is 29.3. The second-order valence-corrected chi connectivity index (χ2v) is 5.33. The summed E-state index contributed by atoms with van der Waals surface area (Å²) in [7, 11) is 0. The first-order chi connectivity index (χ1) is 9.18. The predicted molar refractivity (Wildman–Crippen MR) is 67.5 cm³/mol. The van der Waals surface area contributed by atoms with Crippen LogP contribution in [0.2, 0.25) is 0 Å². The van der Waals surface area contributed by atoms with Gasteiger partial charge in [-0.2, -0.15) is 0 Å². The molecule has 1 aromatic rings. The van der Waals surface area contributed by atoms with Crippen LogP contribution in [-0.4, -0.2) is 39.5 Å². The Balaban J connectivity index is 1.88. The SMILES string of the molecule is O=C(O)C1C2CCCC2CN1C(=O)c1ccncc1. The van der Waals surface area contributed by atoms with Crippen LogP contribution in [0.15, 0.2) is 24.5 Å². The Morgan fingerprint density at radius 3 is 2.68 bits per heavy atom. The van der Waals surface area contributed by atoms with E-state index in [-0.39, 0.29) is 11.8 Å². The average molecular weight is 260 g/mol. The Morgan fingerprint density at radius 1 is 1.26 bits per heavy atom. The Morgan fingerprint density at radius 2 is 2.00 bits per heavy atom. The molecule has 0 spiro atoms. The Kier molecular flexibility index (Phi) is 2.97. The van der Waals surface area contributed by atoms with Gasteiger partial charge in [-0.1, -0.05) is 6.42 Å². The number of carboxylic acid groups (broad SMARTS) is 1. The largest absolute Gasteiger partial charge is 0.480 e. The molecule has 100 valence electrons. The summed E-state index contributed by atoms with van der Waals surface area (Å²) in [5, 5.41) is 9.42. The molecule has 1 aliphatic carbocycles. The lowest BCUT2D eigenvalue weighted by Gasteiger charge is -2.24. The molecule has 3 atom stereocenters. The minimum atomic E-state index is -0.878. The fourth-order valence-electron chi connectivity index (χ4n) is 3.49. The van der Waals surface area contributed by atoms with Gasteiger partial charge in [0, 0.05) is 24.5 Å². The Labute approximate surface area is 111 Å². The van der Waals surface area contributed by atoms with Crippen LogP contribution >= 0.6 is 0 Å². The number of nitrogens with zero attached hydrogens (tertiary/aromatic N) is 2. The van der Waals surface area contributed by atoms with Crippen molar-refractivity contribution in [3.05, 3.63) is 30.1 Å². The van der Waals surface area contributed by atoms with Crippen molar-refractivity contribution in [1.82, 2.24) is 9.88 Å². The van der Waals surface area contributed by atoms with Crippen molar-refractivity contribution in [3.8, 4) is 0 Å². The van der Waals surface area contributed by atoms with E-state index in [1.54, 1.807) is 24.5 Å². The van der Waals surface area contributed by atoms with E-state index in [1.807, 2.05) is 0 Å². The molecule has 3 rings (SSSR count). The summed E-state index contributed by atoms with van der Waals surface area (Å²) in [4.78, 5) is 29.3. The number of carbonyl (C=O) groups is 2. The van der Waals surface area contributed by atoms with Crippen LogP contribution in [0.25, 0.3) is 0 Å². The molecule has 2 aliphatic rings. The molecule has 19 heavy (non-hydrogen) atoms. The zero-order valence-corrected chi connectivity index (χ0v) is 10.5. The van der Waals surface area contributed by atoms with Gasteiger partial charge < -0.3 is 10.0 Å². The number of aliphatic carboxylic acids is 1. The van der Waals surface area contributed by atoms with Crippen molar-refractivity contribution in [3.63, 3.8) is 0 Å². The first kappa shape index (κ1) is 12.1. The van der Waals surface area contributed by atoms with E-state index in [0.717, 1.165) is 19.3 Å². The Bertz CT molecular complexity index is 503. The second-order valence-electron chi connectivity index (χ2n) is 5.33. The number of likely N-dealkylation sites (tertiary alicyclic amines) is 1. The smallest absolute Gasteiger partial charge is 0.326 e. The van der Waals surface area contributed by atoms with Gasteiger partial charge in [0.05, 0.1) is 0 Å². The summed E-state index contributed by atoms with van der Waals surface area (Å²) in [5.41, 5.74) is 0.515. The van der Waals surface area contributed by atoms with Crippen molar-refractivity contribution < 1.29 is 14.7 Å². The summed E-state index contributed by atoms with van der Waals surface area (Å²) in [5.74, 6) is -0.587. The van der Waals surface area contributed by atoms with E-state index < -0.39 is 12.0 Å². The summed E-state index contributed by atoms with van der Waals surface area (Å²) >= 11 is 0. The highest BCUT2D eigenvalue weighted by Crippen LogP contribution is 2.42. The topological polar surface area (TPSA) is 70.5 Å². The highest BCUT2D eigenvalue weighted by Gasteiger charge is 2.49. The monoisotopic (exact) mass is 260 g/mol. The molecule has 1 saturated carbocycles. The van der Waals surface area contributed by atoms with Crippen molar-refractivity contribution in [1.29, 1.82) is 0 Å². The second kappa shape index (κ2) is 4.64. The number of hydrogen-bond acceptors (Lipinski definition) is 3. The maximum Gasteiger partial charge on any atom is 0.326 e. The van der Waals surface area contributed by atoms with Gasteiger partial charge in [-0.05, 0) is 36.8 Å². The van der Waals surface area contributed by atoms with Crippen LogP contribution in [0.3, 0.4) is 0 Å². The summed E-state index contributed by atoms with van der Waals surface area (Å²) in [6, 6.07) is 2.61. The van der Waals surface area contributed by atoms with Crippen LogP contribution in [0.4, 0.5) is 0 Å². The van der Waals surface area contributed by atoms with E-state index in [9.17, 15) is 14.7 Å². The molecule has 1 N–H and O–H groups in total. The van der Waals surface area contributed by atoms with Gasteiger partial charge in [-0.15, -0.1) is 0 Å². The third-order valence-electron chi connectivity index (χ3n) is 4.33. The molecule has 0 aromatic carbocycles. The molecule has 5 heteroatoms. The van der Waals surface area contributed by atoms with Crippen LogP contribution in [0.1, 0.15) is 29.6 Å². The fourth-order valence-corrected chi connectivity index (χ4v) is 3.49. The number of pyridine rings is 1. The lowest BCUT2D eigenvalue weighted by Crippen LogP contribution is -2.43. The zero-order chi connectivity index (χ0) is 13.4. The molecule has 1 saturated heterocycles. The molecule has 0 bridgehead atoms. The molecule has 0 radical (unpaired) electrons. The van der Waals surface area contributed by atoms with Crippen molar-refractivity contribution in [2.45, 2.75) is 25.3 Å². The van der Waals surface area contributed by atoms with E-state index in [2.05, 4.69) is 4.98 Å². The van der Waals surface area contributed by atoms with Gasteiger partial charge in [0.25, 0.3) is 5.91 Å². The Hall–Kier alpha value is -1.91. The van der Waals surface area contributed by atoms with Gasteiger partial charge in [-0.25, -0.2) is 4.79 Å². The van der Waals surface area contributed by atoms with Crippen LogP contribution in [0.5, 0.6) is 0 Å². The van der Waals surface area contributed by atoms with Crippen molar-refractivity contribution in [2.24, 2.45) is 11.8 Å². The minimum Gasteiger partial charge on any atom is -0.480 e. The molecule has 2 fully saturated rings. The number of aromatic nitrogens is 1. The number of fused-ring (bicyclic) bond motifs is 1. The highest BCUT2D eigenvalue weighted by molar-refractivity contribution is 5.97. The molecule has 3 unspecified atom stereocenters. The van der Waals surface area contributed by atoms with E-state index in [0.29, 0.717) is 18.0 Å².